The van der Waals surface area contributed by atoms with Gasteiger partial charge >= 0.3 is 0 Å². The zero-order valence-corrected chi connectivity index (χ0v) is 14.0. The van der Waals surface area contributed by atoms with Gasteiger partial charge in [0.1, 0.15) is 5.75 Å². The number of benzene rings is 2. The summed E-state index contributed by atoms with van der Waals surface area (Å²) in [5.41, 5.74) is 7.68. The van der Waals surface area contributed by atoms with Crippen LogP contribution in [0, 0.1) is 20.8 Å². The topological polar surface area (TPSA) is 50.7 Å². The lowest BCUT2D eigenvalue weighted by Crippen LogP contribution is -2.17. The van der Waals surface area contributed by atoms with Gasteiger partial charge in [-0.2, -0.15) is 5.10 Å². The standard InChI is InChI=1S/C19H22N2O2/c1-5-23-18-8-6-16(7-9-18)19(22)21-20-12-17-11-14(3)13(2)10-15(17)4/h6-12H,5H2,1-4H3,(H,21,22)/b20-12-. The van der Waals surface area contributed by atoms with Crippen LogP contribution in [0.2, 0.25) is 0 Å². The number of carbonyl (C=O) groups excluding carboxylic acids is 1. The first-order chi connectivity index (χ1) is 11.0. The lowest BCUT2D eigenvalue weighted by Gasteiger charge is -2.06. The molecule has 4 heteroatoms. The van der Waals surface area contributed by atoms with Crippen LogP contribution in [0.15, 0.2) is 41.5 Å². The molecule has 2 rings (SSSR count). The van der Waals surface area contributed by atoms with Crippen molar-refractivity contribution in [1.82, 2.24) is 5.43 Å². The second kappa shape index (κ2) is 7.58. The van der Waals surface area contributed by atoms with Gasteiger partial charge in [0, 0.05) is 5.56 Å². The van der Waals surface area contributed by atoms with Crippen LogP contribution in [0.5, 0.6) is 5.75 Å². The maximum absolute atomic E-state index is 12.0. The minimum Gasteiger partial charge on any atom is -0.494 e. The summed E-state index contributed by atoms with van der Waals surface area (Å²) in [4.78, 5) is 12.0. The predicted octanol–water partition coefficient (Wildman–Crippen LogP) is 3.77. The molecule has 0 spiro atoms. The molecule has 4 nitrogen and oxygen atoms in total. The van der Waals surface area contributed by atoms with Gasteiger partial charge in [0.25, 0.3) is 5.91 Å². The first kappa shape index (κ1) is 16.7. The molecule has 0 fully saturated rings. The molecule has 0 bridgehead atoms. The van der Waals surface area contributed by atoms with Crippen molar-refractivity contribution in [3.63, 3.8) is 0 Å². The first-order valence-electron chi connectivity index (χ1n) is 7.65. The Bertz CT molecular complexity index is 719. The van der Waals surface area contributed by atoms with Gasteiger partial charge in [-0.1, -0.05) is 6.07 Å². The van der Waals surface area contributed by atoms with Crippen molar-refractivity contribution in [3.05, 3.63) is 64.2 Å². The molecule has 1 N–H and O–H groups in total. The van der Waals surface area contributed by atoms with Gasteiger partial charge in [0.05, 0.1) is 12.8 Å². The van der Waals surface area contributed by atoms with Gasteiger partial charge in [-0.25, -0.2) is 5.43 Å². The van der Waals surface area contributed by atoms with Crippen molar-refractivity contribution in [3.8, 4) is 5.75 Å². The number of hydrogen-bond acceptors (Lipinski definition) is 3. The second-order valence-corrected chi connectivity index (χ2v) is 5.45. The van der Waals surface area contributed by atoms with Gasteiger partial charge in [-0.15, -0.1) is 0 Å². The second-order valence-electron chi connectivity index (χ2n) is 5.45. The van der Waals surface area contributed by atoms with E-state index in [9.17, 15) is 4.79 Å². The van der Waals surface area contributed by atoms with E-state index in [4.69, 9.17) is 4.74 Å². The third kappa shape index (κ3) is 4.42. The molecule has 0 aliphatic rings. The highest BCUT2D eigenvalue weighted by atomic mass is 16.5. The molecular formula is C19H22N2O2. The van der Waals surface area contributed by atoms with E-state index in [2.05, 4.69) is 36.5 Å². The Morgan fingerprint density at radius 3 is 2.39 bits per heavy atom. The average Bonchev–Trinajstić information content (AvgIpc) is 2.53. The third-order valence-corrected chi connectivity index (χ3v) is 3.68. The minimum atomic E-state index is -0.245. The highest BCUT2D eigenvalue weighted by Gasteiger charge is 2.04. The van der Waals surface area contributed by atoms with E-state index in [1.54, 1.807) is 30.5 Å². The van der Waals surface area contributed by atoms with Crippen LogP contribution < -0.4 is 10.2 Å². The van der Waals surface area contributed by atoms with Crippen molar-refractivity contribution < 1.29 is 9.53 Å². The monoisotopic (exact) mass is 310 g/mol. The number of aryl methyl sites for hydroxylation is 3. The Morgan fingerprint density at radius 2 is 1.74 bits per heavy atom. The smallest absolute Gasteiger partial charge is 0.271 e. The number of nitrogens with zero attached hydrogens (tertiary/aromatic N) is 1. The fraction of sp³-hybridized carbons (Fsp3) is 0.263. The Morgan fingerprint density at radius 1 is 1.09 bits per heavy atom. The molecule has 0 saturated carbocycles. The molecular weight excluding hydrogens is 288 g/mol. The van der Waals surface area contributed by atoms with Crippen LogP contribution in [0.3, 0.4) is 0 Å². The molecule has 1 amide bonds. The zero-order chi connectivity index (χ0) is 16.8. The highest BCUT2D eigenvalue weighted by molar-refractivity contribution is 5.95. The van der Waals surface area contributed by atoms with Gasteiger partial charge in [0.2, 0.25) is 0 Å². The van der Waals surface area contributed by atoms with Crippen molar-refractivity contribution in [2.45, 2.75) is 27.7 Å². The maximum Gasteiger partial charge on any atom is 0.271 e. The Balaban J connectivity index is 2.02. The van der Waals surface area contributed by atoms with Gasteiger partial charge in [0.15, 0.2) is 0 Å². The molecule has 23 heavy (non-hydrogen) atoms. The van der Waals surface area contributed by atoms with Gasteiger partial charge < -0.3 is 4.74 Å². The van der Waals surface area contributed by atoms with Crippen LogP contribution in [0.25, 0.3) is 0 Å². The average molecular weight is 310 g/mol. The molecule has 0 atom stereocenters. The van der Waals surface area contributed by atoms with E-state index in [1.807, 2.05) is 13.8 Å². The normalized spacial score (nSPS) is 10.8. The molecule has 0 saturated heterocycles. The third-order valence-electron chi connectivity index (χ3n) is 3.68. The fourth-order valence-electron chi connectivity index (χ4n) is 2.22. The van der Waals surface area contributed by atoms with E-state index in [-0.39, 0.29) is 5.91 Å². The predicted molar refractivity (Wildman–Crippen MR) is 93.3 cm³/mol. The largest absolute Gasteiger partial charge is 0.494 e. The molecule has 0 aliphatic carbocycles. The Kier molecular flexibility index (Phi) is 5.52. The summed E-state index contributed by atoms with van der Waals surface area (Å²) in [5, 5.41) is 4.05. The van der Waals surface area contributed by atoms with E-state index in [0.29, 0.717) is 12.2 Å². The summed E-state index contributed by atoms with van der Waals surface area (Å²) in [6.07, 6.45) is 1.67. The van der Waals surface area contributed by atoms with Gasteiger partial charge in [-0.3, -0.25) is 4.79 Å². The van der Waals surface area contributed by atoms with E-state index >= 15 is 0 Å². The molecule has 0 heterocycles. The minimum absolute atomic E-state index is 0.245. The maximum atomic E-state index is 12.0. The highest BCUT2D eigenvalue weighted by Crippen LogP contribution is 2.14. The summed E-state index contributed by atoms with van der Waals surface area (Å²) in [7, 11) is 0. The van der Waals surface area contributed by atoms with E-state index in [1.165, 1.54) is 11.1 Å². The quantitative estimate of drug-likeness (QED) is 0.675. The van der Waals surface area contributed by atoms with Crippen LogP contribution in [-0.4, -0.2) is 18.7 Å². The summed E-state index contributed by atoms with van der Waals surface area (Å²) in [5.74, 6) is 0.504. The molecule has 0 unspecified atom stereocenters. The lowest BCUT2D eigenvalue weighted by atomic mass is 10.0. The molecule has 2 aromatic carbocycles. The van der Waals surface area contributed by atoms with Crippen molar-refractivity contribution in [2.75, 3.05) is 6.61 Å². The lowest BCUT2D eigenvalue weighted by molar-refractivity contribution is 0.0955. The summed E-state index contributed by atoms with van der Waals surface area (Å²) < 4.78 is 5.35. The Hall–Kier alpha value is -2.62. The van der Waals surface area contributed by atoms with Crippen LogP contribution in [0.4, 0.5) is 0 Å². The molecule has 0 radical (unpaired) electrons. The fourth-order valence-corrected chi connectivity index (χ4v) is 2.22. The number of carbonyl (C=O) groups is 1. The molecule has 2 aromatic rings. The summed E-state index contributed by atoms with van der Waals surface area (Å²) >= 11 is 0. The molecule has 0 aliphatic heterocycles. The molecule has 0 aromatic heterocycles. The van der Waals surface area contributed by atoms with E-state index in [0.717, 1.165) is 16.9 Å². The van der Waals surface area contributed by atoms with Gasteiger partial charge in [-0.05, 0) is 80.3 Å². The number of hydrazone groups is 1. The SMILES string of the molecule is CCOc1ccc(C(=O)N/N=C\c2cc(C)c(C)cc2C)cc1. The number of nitrogens with one attached hydrogen (secondary N) is 1. The zero-order valence-electron chi connectivity index (χ0n) is 14.0. The van der Waals surface area contributed by atoms with Crippen LogP contribution in [0.1, 0.15) is 39.5 Å². The first-order valence-corrected chi connectivity index (χ1v) is 7.65. The summed E-state index contributed by atoms with van der Waals surface area (Å²) in [6.45, 7) is 8.69. The number of rotatable bonds is 5. The van der Waals surface area contributed by atoms with Crippen molar-refractivity contribution in [2.24, 2.45) is 5.10 Å². The Labute approximate surface area is 137 Å². The number of amides is 1. The van der Waals surface area contributed by atoms with Crippen molar-refractivity contribution >= 4 is 12.1 Å². The van der Waals surface area contributed by atoms with Crippen LogP contribution in [-0.2, 0) is 0 Å². The van der Waals surface area contributed by atoms with Crippen molar-refractivity contribution in [1.29, 1.82) is 0 Å². The van der Waals surface area contributed by atoms with E-state index < -0.39 is 0 Å². The molecule has 120 valence electrons. The summed E-state index contributed by atoms with van der Waals surface area (Å²) in [6, 6.07) is 11.2. The number of ether oxygens (including phenoxy) is 1. The number of hydrogen-bond donors (Lipinski definition) is 1. The van der Waals surface area contributed by atoms with Crippen LogP contribution >= 0.6 is 0 Å².